The van der Waals surface area contributed by atoms with Gasteiger partial charge in [0.25, 0.3) is 0 Å². The number of imidazole rings is 1. The number of carboxylic acids is 1. The first kappa shape index (κ1) is 52.2. The summed E-state index contributed by atoms with van der Waals surface area (Å²) in [5.74, 6) is -6.44. The fraction of sp³-hybridized carbons (Fsp3) is 0.108. The summed E-state index contributed by atoms with van der Waals surface area (Å²) in [4.78, 5) is 61.0. The van der Waals surface area contributed by atoms with E-state index in [1.165, 1.54) is 12.5 Å². The fourth-order valence-electron chi connectivity index (χ4n) is 13.5. The Morgan fingerprint density at radius 3 is 1.34 bits per heavy atom. The minimum atomic E-state index is -3.18. The molecular weight excluding hydrogens is 1030 g/mol. The maximum Gasteiger partial charge on any atom is 0.340 e. The van der Waals surface area contributed by atoms with Gasteiger partial charge in [-0.15, -0.1) is 0 Å². The Morgan fingerprint density at radius 1 is 0.494 bits per heavy atom. The normalized spacial score (nSPS) is 13.7. The summed E-state index contributed by atoms with van der Waals surface area (Å²) in [7, 11) is 0. The van der Waals surface area contributed by atoms with E-state index in [0.717, 1.165) is 44.5 Å². The van der Waals surface area contributed by atoms with Gasteiger partial charge < -0.3 is 19.6 Å². The molecule has 9 nitrogen and oxygen atoms in total. The number of fused-ring (bicyclic) bond motifs is 6. The van der Waals surface area contributed by atoms with Crippen molar-refractivity contribution in [3.8, 4) is 22.3 Å². The number of aromatic amines is 1. The van der Waals surface area contributed by atoms with Gasteiger partial charge in [-0.05, 0) is 89.9 Å². The zero-order valence-corrected chi connectivity index (χ0v) is 45.3. The highest BCUT2D eigenvalue weighted by Gasteiger charge is 2.73. The fourth-order valence-corrected chi connectivity index (χ4v) is 13.5. The third kappa shape index (κ3) is 8.58. The van der Waals surface area contributed by atoms with Crippen LogP contribution in [-0.4, -0.2) is 50.0 Å². The molecule has 0 amide bonds. The summed E-state index contributed by atoms with van der Waals surface area (Å²) < 4.78 is 13.8. The average molecular weight is 1080 g/mol. The standard InChI is InChI=1S/C74H57N3O6/c78-69(82-49-66-63-43-23-21-41-61(63)62-42-22-24-44-64(62)66)68(67-47-75-50-76-67)74(70(79)80,71(81)83-48-52-27-25-45-60-59-40-20-19-26-51(59)46-65(52)60)77(72(53-28-7-1-8-29-53,54-30-9-2-10-31-54)55-32-11-3-12-33-55)73(56-34-13-4-14-35-56,57-36-15-5-16-37-57)58-38-17-6-18-39-58/h1-45,47,50,66,68H,46,48-49H2,(H,75,76)(H,79,80)/t68?,74-/m0/s1. The number of H-pyrrole nitrogens is 1. The zero-order chi connectivity index (χ0) is 56.4. The minimum absolute atomic E-state index is 0.0613. The molecule has 0 saturated carbocycles. The maximum atomic E-state index is 17.7. The molecule has 0 spiro atoms. The van der Waals surface area contributed by atoms with E-state index in [4.69, 9.17) is 14.5 Å². The minimum Gasteiger partial charge on any atom is -0.479 e. The highest BCUT2D eigenvalue weighted by atomic mass is 16.5. The van der Waals surface area contributed by atoms with Gasteiger partial charge in [-0.1, -0.05) is 273 Å². The van der Waals surface area contributed by atoms with E-state index in [0.29, 0.717) is 45.4 Å². The summed E-state index contributed by atoms with van der Waals surface area (Å²) in [6.45, 7) is -0.543. The van der Waals surface area contributed by atoms with E-state index in [1.54, 1.807) is 4.90 Å². The Kier molecular flexibility index (Phi) is 13.8. The third-order valence-corrected chi connectivity index (χ3v) is 16.9. The molecule has 9 heteroatoms. The lowest BCUT2D eigenvalue weighted by molar-refractivity contribution is -0.192. The zero-order valence-electron chi connectivity index (χ0n) is 45.3. The van der Waals surface area contributed by atoms with Gasteiger partial charge in [-0.3, -0.25) is 4.79 Å². The van der Waals surface area contributed by atoms with Gasteiger partial charge in [0.2, 0.25) is 5.54 Å². The van der Waals surface area contributed by atoms with E-state index in [-0.39, 0.29) is 18.9 Å². The van der Waals surface area contributed by atoms with E-state index in [9.17, 15) is 5.11 Å². The summed E-state index contributed by atoms with van der Waals surface area (Å²) in [5, 5.41) is 13.6. The van der Waals surface area contributed by atoms with Crippen LogP contribution in [0.4, 0.5) is 0 Å². The van der Waals surface area contributed by atoms with Crippen LogP contribution in [0.15, 0.2) is 286 Å². The van der Waals surface area contributed by atoms with E-state index in [1.807, 2.05) is 243 Å². The molecule has 1 heterocycles. The van der Waals surface area contributed by atoms with Crippen LogP contribution in [0.2, 0.25) is 0 Å². The number of hydrogen-bond acceptors (Lipinski definition) is 7. The smallest absolute Gasteiger partial charge is 0.340 e. The van der Waals surface area contributed by atoms with Crippen molar-refractivity contribution in [3.05, 3.63) is 352 Å². The van der Waals surface area contributed by atoms with Gasteiger partial charge in [0.05, 0.1) is 23.1 Å². The van der Waals surface area contributed by atoms with Crippen LogP contribution >= 0.6 is 0 Å². The van der Waals surface area contributed by atoms with Gasteiger partial charge in [0, 0.05) is 12.1 Å². The highest BCUT2D eigenvalue weighted by molar-refractivity contribution is 6.10. The van der Waals surface area contributed by atoms with E-state index in [2.05, 4.69) is 35.3 Å². The number of carboxylic acid groups (broad SMARTS) is 1. The lowest BCUT2D eigenvalue weighted by Crippen LogP contribution is -2.76. The second-order valence-corrected chi connectivity index (χ2v) is 21.2. The maximum absolute atomic E-state index is 17.7. The van der Waals surface area contributed by atoms with Crippen LogP contribution in [0.1, 0.15) is 78.7 Å². The molecule has 404 valence electrons. The molecule has 0 fully saturated rings. The van der Waals surface area contributed by atoms with Gasteiger partial charge in [0.1, 0.15) is 19.1 Å². The van der Waals surface area contributed by atoms with Crippen LogP contribution in [-0.2, 0) is 48.0 Å². The number of esters is 2. The van der Waals surface area contributed by atoms with E-state index >= 15 is 14.4 Å². The molecule has 0 radical (unpaired) electrons. The molecule has 13 rings (SSSR count). The van der Waals surface area contributed by atoms with Crippen molar-refractivity contribution >= 4 is 17.9 Å². The van der Waals surface area contributed by atoms with Crippen molar-refractivity contribution < 1.29 is 29.0 Å². The highest BCUT2D eigenvalue weighted by Crippen LogP contribution is 2.60. The Labute approximate surface area is 482 Å². The topological polar surface area (TPSA) is 122 Å². The molecule has 1 unspecified atom stereocenters. The first-order valence-electron chi connectivity index (χ1n) is 27.9. The SMILES string of the molecule is O=C(OCC1c2ccccc2-c2ccccc21)C(c1c[nH]cn1)[C@](C(=O)O)(C(=O)OCc1cccc2c1Cc1ccccc1-2)N(C(c1ccccc1)(c1ccccc1)c1ccccc1)C(c1ccccc1)(c1ccccc1)c1ccccc1. The number of ether oxygens (including phenoxy) is 2. The Balaban J connectivity index is 1.17. The Hall–Kier alpha value is -10.2. The molecule has 1 aromatic heterocycles. The molecule has 11 aromatic rings. The van der Waals surface area contributed by atoms with Crippen LogP contribution in [0.5, 0.6) is 0 Å². The molecule has 2 aliphatic carbocycles. The van der Waals surface area contributed by atoms with Gasteiger partial charge >= 0.3 is 17.9 Å². The van der Waals surface area contributed by atoms with Crippen molar-refractivity contribution in [1.82, 2.24) is 14.9 Å². The molecule has 0 bridgehead atoms. The van der Waals surface area contributed by atoms with Crippen LogP contribution in [0.25, 0.3) is 22.3 Å². The largest absolute Gasteiger partial charge is 0.479 e. The molecule has 2 aliphatic rings. The first-order chi connectivity index (χ1) is 40.9. The van der Waals surface area contributed by atoms with Crippen molar-refractivity contribution in [3.63, 3.8) is 0 Å². The Morgan fingerprint density at radius 2 is 0.904 bits per heavy atom. The van der Waals surface area contributed by atoms with Crippen LogP contribution in [0, 0.1) is 0 Å². The number of benzene rings is 10. The quantitative estimate of drug-likeness (QED) is 0.0495. The number of nitrogens with zero attached hydrogens (tertiary/aromatic N) is 2. The molecule has 0 aliphatic heterocycles. The van der Waals surface area contributed by atoms with Gasteiger partial charge in [-0.2, -0.15) is 0 Å². The second kappa shape index (κ2) is 22.0. The number of rotatable bonds is 18. The number of nitrogens with one attached hydrogen (secondary N) is 1. The molecule has 0 saturated heterocycles. The van der Waals surface area contributed by atoms with Crippen LogP contribution in [0.3, 0.4) is 0 Å². The van der Waals surface area contributed by atoms with Gasteiger partial charge in [-0.25, -0.2) is 19.5 Å². The lowest BCUT2D eigenvalue weighted by Gasteiger charge is -2.61. The van der Waals surface area contributed by atoms with Gasteiger partial charge in [0.15, 0.2) is 0 Å². The number of carbonyl (C=O) groups is 3. The van der Waals surface area contributed by atoms with E-state index < -0.39 is 46.4 Å². The predicted molar refractivity (Wildman–Crippen MR) is 321 cm³/mol. The monoisotopic (exact) mass is 1080 g/mol. The average Bonchev–Trinajstić information content (AvgIpc) is 2.48. The van der Waals surface area contributed by atoms with Crippen molar-refractivity contribution in [1.29, 1.82) is 0 Å². The lowest BCUT2D eigenvalue weighted by atomic mass is 9.62. The molecule has 83 heavy (non-hydrogen) atoms. The summed E-state index contributed by atoms with van der Waals surface area (Å²) in [6, 6.07) is 88.0. The molecule has 2 N–H and O–H groups in total. The summed E-state index contributed by atoms with van der Waals surface area (Å²) >= 11 is 0. The Bertz CT molecular complexity index is 3740. The number of aromatic nitrogens is 2. The third-order valence-electron chi connectivity index (χ3n) is 16.9. The van der Waals surface area contributed by atoms with Crippen LogP contribution < -0.4 is 0 Å². The van der Waals surface area contributed by atoms with Crippen molar-refractivity contribution in [2.45, 2.75) is 41.5 Å². The molecule has 10 aromatic carbocycles. The van der Waals surface area contributed by atoms with Crippen molar-refractivity contribution in [2.75, 3.05) is 6.61 Å². The summed E-state index contributed by atoms with van der Waals surface area (Å²) in [6.07, 6.45) is 3.45. The molecular formula is C74H57N3O6. The number of carbonyl (C=O) groups excluding carboxylic acids is 2. The number of hydrogen-bond donors (Lipinski definition) is 2. The first-order valence-corrected chi connectivity index (χ1v) is 27.9. The van der Waals surface area contributed by atoms with Crippen molar-refractivity contribution in [2.24, 2.45) is 0 Å². The second-order valence-electron chi connectivity index (χ2n) is 21.2. The molecule has 2 atom stereocenters. The number of aliphatic carboxylic acids is 1. The summed E-state index contributed by atoms with van der Waals surface area (Å²) in [5.41, 5.74) is 5.25. The predicted octanol–water partition coefficient (Wildman–Crippen LogP) is 14.3.